The summed E-state index contributed by atoms with van der Waals surface area (Å²) in [6.45, 7) is 1.72. The molecular weight excluding hydrogens is 298 g/mol. The van der Waals surface area contributed by atoms with Crippen LogP contribution in [0, 0.1) is 5.92 Å². The van der Waals surface area contributed by atoms with E-state index < -0.39 is 6.03 Å². The average Bonchev–Trinajstić information content (AvgIpc) is 2.96. The fourth-order valence-corrected chi connectivity index (χ4v) is 4.57. The summed E-state index contributed by atoms with van der Waals surface area (Å²) < 4.78 is 0. The summed E-state index contributed by atoms with van der Waals surface area (Å²) in [4.78, 5) is 26.7. The van der Waals surface area contributed by atoms with Crippen molar-refractivity contribution < 1.29 is 9.59 Å². The molecule has 0 radical (unpaired) electrons. The van der Waals surface area contributed by atoms with Crippen LogP contribution in [0.4, 0.5) is 4.79 Å². The zero-order valence-corrected chi connectivity index (χ0v) is 13.6. The van der Waals surface area contributed by atoms with Crippen LogP contribution in [0.2, 0.25) is 0 Å². The van der Waals surface area contributed by atoms with Crippen LogP contribution in [0.25, 0.3) is 0 Å². The van der Waals surface area contributed by atoms with Gasteiger partial charge < -0.3 is 16.0 Å². The van der Waals surface area contributed by atoms with Gasteiger partial charge in [-0.25, -0.2) is 4.79 Å². The molecule has 3 amide bonds. The summed E-state index contributed by atoms with van der Waals surface area (Å²) in [5.41, 5.74) is 8.04. The number of aryl methyl sites for hydroxylation is 1. The van der Waals surface area contributed by atoms with Crippen molar-refractivity contribution in [2.45, 2.75) is 45.1 Å². The third-order valence-corrected chi connectivity index (χ3v) is 5.84. The maximum atomic E-state index is 12.3. The maximum Gasteiger partial charge on any atom is 0.314 e. The van der Waals surface area contributed by atoms with E-state index in [2.05, 4.69) is 10.7 Å². The van der Waals surface area contributed by atoms with E-state index in [-0.39, 0.29) is 11.8 Å². The summed E-state index contributed by atoms with van der Waals surface area (Å²) in [6.07, 6.45) is 6.53. The Labute approximate surface area is 134 Å². The van der Waals surface area contributed by atoms with Crippen molar-refractivity contribution in [3.05, 3.63) is 21.4 Å². The summed E-state index contributed by atoms with van der Waals surface area (Å²) >= 11 is 1.82. The molecule has 0 bridgehead atoms. The molecule has 0 unspecified atom stereocenters. The van der Waals surface area contributed by atoms with Crippen LogP contribution in [0.15, 0.2) is 5.38 Å². The first kappa shape index (κ1) is 15.3. The quantitative estimate of drug-likeness (QED) is 0.894. The van der Waals surface area contributed by atoms with Crippen LogP contribution in [0.1, 0.15) is 41.7 Å². The van der Waals surface area contributed by atoms with Gasteiger partial charge in [-0.15, -0.1) is 11.3 Å². The number of fused-ring (bicyclic) bond motifs is 1. The Hall–Kier alpha value is -1.56. The third-order valence-electron chi connectivity index (χ3n) is 4.71. The number of urea groups is 1. The molecule has 120 valence electrons. The standard InChI is InChI=1S/C16H23N3O2S/c17-16(21)19-7-3-4-11(9-19)15(20)18-8-12-10-22-14-6-2-1-5-13(12)14/h10-11H,1-9H2,(H2,17,21)(H,18,20)/t11-/m0/s1. The van der Waals surface area contributed by atoms with Gasteiger partial charge in [-0.05, 0) is 55.0 Å². The second-order valence-electron chi connectivity index (χ2n) is 6.21. The molecule has 1 aliphatic heterocycles. The first-order chi connectivity index (χ1) is 10.6. The number of thiophene rings is 1. The number of carbonyl (C=O) groups excluding carboxylic acids is 2. The van der Waals surface area contributed by atoms with Gasteiger partial charge >= 0.3 is 6.03 Å². The summed E-state index contributed by atoms with van der Waals surface area (Å²) in [5.74, 6) is -0.0857. The number of rotatable bonds is 3. The van der Waals surface area contributed by atoms with Crippen molar-refractivity contribution in [3.63, 3.8) is 0 Å². The number of nitrogens with two attached hydrogens (primary N) is 1. The minimum atomic E-state index is -0.426. The van der Waals surface area contributed by atoms with E-state index in [1.807, 2.05) is 11.3 Å². The lowest BCUT2D eigenvalue weighted by atomic mass is 9.95. The van der Waals surface area contributed by atoms with E-state index in [0.717, 1.165) is 19.3 Å². The van der Waals surface area contributed by atoms with E-state index >= 15 is 0 Å². The van der Waals surface area contributed by atoms with E-state index in [9.17, 15) is 9.59 Å². The van der Waals surface area contributed by atoms with E-state index in [0.29, 0.717) is 19.6 Å². The Morgan fingerprint density at radius 1 is 1.32 bits per heavy atom. The molecule has 1 atom stereocenters. The molecule has 2 heterocycles. The molecule has 2 aliphatic rings. The van der Waals surface area contributed by atoms with E-state index in [1.54, 1.807) is 4.90 Å². The lowest BCUT2D eigenvalue weighted by Gasteiger charge is -2.30. The number of nitrogens with zero attached hydrogens (tertiary/aromatic N) is 1. The Kier molecular flexibility index (Phi) is 4.66. The van der Waals surface area contributed by atoms with Crippen molar-refractivity contribution in [1.82, 2.24) is 10.2 Å². The molecule has 0 aromatic carbocycles. The van der Waals surface area contributed by atoms with Gasteiger partial charge in [0, 0.05) is 24.5 Å². The van der Waals surface area contributed by atoms with Crippen LogP contribution >= 0.6 is 11.3 Å². The summed E-state index contributed by atoms with van der Waals surface area (Å²) in [5, 5.41) is 5.24. The molecule has 3 N–H and O–H groups in total. The minimum Gasteiger partial charge on any atom is -0.352 e. The number of carbonyl (C=O) groups is 2. The molecule has 5 nitrogen and oxygen atoms in total. The van der Waals surface area contributed by atoms with Crippen LogP contribution in [-0.4, -0.2) is 29.9 Å². The largest absolute Gasteiger partial charge is 0.352 e. The smallest absolute Gasteiger partial charge is 0.314 e. The molecule has 1 saturated heterocycles. The summed E-state index contributed by atoms with van der Waals surface area (Å²) in [6, 6.07) is -0.426. The van der Waals surface area contributed by atoms with Crippen molar-refractivity contribution in [3.8, 4) is 0 Å². The number of piperidine rings is 1. The van der Waals surface area contributed by atoms with Crippen molar-refractivity contribution in [1.29, 1.82) is 0 Å². The lowest BCUT2D eigenvalue weighted by molar-refractivity contribution is -0.126. The van der Waals surface area contributed by atoms with E-state index in [4.69, 9.17) is 5.73 Å². The minimum absolute atomic E-state index is 0.0432. The van der Waals surface area contributed by atoms with Gasteiger partial charge in [0.25, 0.3) is 0 Å². The first-order valence-corrected chi connectivity index (χ1v) is 8.93. The summed E-state index contributed by atoms with van der Waals surface area (Å²) in [7, 11) is 0. The monoisotopic (exact) mass is 321 g/mol. The lowest BCUT2D eigenvalue weighted by Crippen LogP contribution is -2.47. The topological polar surface area (TPSA) is 75.4 Å². The molecular formula is C16H23N3O2S. The predicted molar refractivity (Wildman–Crippen MR) is 86.7 cm³/mol. The van der Waals surface area contributed by atoms with Gasteiger partial charge in [0.2, 0.25) is 5.91 Å². The predicted octanol–water partition coefficient (Wildman–Crippen LogP) is 2.03. The Balaban J connectivity index is 1.56. The van der Waals surface area contributed by atoms with Gasteiger partial charge in [0.15, 0.2) is 0 Å². The number of amides is 3. The fourth-order valence-electron chi connectivity index (χ4n) is 3.43. The zero-order chi connectivity index (χ0) is 15.5. The molecule has 6 heteroatoms. The maximum absolute atomic E-state index is 12.3. The van der Waals surface area contributed by atoms with Crippen LogP contribution in [0.3, 0.4) is 0 Å². The molecule has 1 aromatic rings. The molecule has 1 fully saturated rings. The highest BCUT2D eigenvalue weighted by Gasteiger charge is 2.27. The van der Waals surface area contributed by atoms with Crippen molar-refractivity contribution in [2.75, 3.05) is 13.1 Å². The molecule has 3 rings (SSSR count). The van der Waals surface area contributed by atoms with Gasteiger partial charge in [-0.3, -0.25) is 4.79 Å². The van der Waals surface area contributed by atoms with Crippen molar-refractivity contribution >= 4 is 23.3 Å². The Bertz CT molecular complexity index is 570. The van der Waals surface area contributed by atoms with Gasteiger partial charge in [-0.1, -0.05) is 0 Å². The third kappa shape index (κ3) is 3.27. The number of hydrogen-bond acceptors (Lipinski definition) is 3. The highest BCUT2D eigenvalue weighted by molar-refractivity contribution is 7.10. The number of primary amides is 1. The van der Waals surface area contributed by atoms with Crippen LogP contribution in [-0.2, 0) is 24.2 Å². The fraction of sp³-hybridized carbons (Fsp3) is 0.625. The average molecular weight is 321 g/mol. The Morgan fingerprint density at radius 3 is 2.95 bits per heavy atom. The van der Waals surface area contributed by atoms with Crippen molar-refractivity contribution in [2.24, 2.45) is 11.7 Å². The number of likely N-dealkylation sites (tertiary alicyclic amines) is 1. The molecule has 0 spiro atoms. The highest BCUT2D eigenvalue weighted by Crippen LogP contribution is 2.30. The Morgan fingerprint density at radius 2 is 2.14 bits per heavy atom. The molecule has 1 aliphatic carbocycles. The zero-order valence-electron chi connectivity index (χ0n) is 12.8. The van der Waals surface area contributed by atoms with E-state index in [1.165, 1.54) is 35.3 Å². The molecule has 1 aromatic heterocycles. The second kappa shape index (κ2) is 6.69. The number of hydrogen-bond donors (Lipinski definition) is 2. The van der Waals surface area contributed by atoms with Gasteiger partial charge in [0.1, 0.15) is 0 Å². The van der Waals surface area contributed by atoms with Gasteiger partial charge in [-0.2, -0.15) is 0 Å². The first-order valence-electron chi connectivity index (χ1n) is 8.05. The van der Waals surface area contributed by atoms with Crippen LogP contribution in [0.5, 0.6) is 0 Å². The molecule has 22 heavy (non-hydrogen) atoms. The SMILES string of the molecule is NC(=O)N1CCC[C@H](C(=O)NCc2csc3c2CCCC3)C1. The second-order valence-corrected chi connectivity index (χ2v) is 7.18. The highest BCUT2D eigenvalue weighted by atomic mass is 32.1. The molecule has 0 saturated carbocycles. The number of nitrogens with one attached hydrogen (secondary N) is 1. The van der Waals surface area contributed by atoms with Crippen LogP contribution < -0.4 is 11.1 Å². The van der Waals surface area contributed by atoms with Gasteiger partial charge in [0.05, 0.1) is 5.92 Å². The normalized spacial score (nSPS) is 21.3.